The molecule has 3 aromatic rings. The molecule has 152 valence electrons. The third kappa shape index (κ3) is 4.06. The molecule has 0 bridgehead atoms. The van der Waals surface area contributed by atoms with Crippen molar-refractivity contribution in [3.05, 3.63) is 102 Å². The van der Waals surface area contributed by atoms with Gasteiger partial charge in [-0.1, -0.05) is 78.0 Å². The summed E-state index contributed by atoms with van der Waals surface area (Å²) in [5.41, 5.74) is 6.27. The molecule has 6 heteroatoms. The average molecular weight is 419 g/mol. The molecule has 0 fully saturated rings. The monoisotopic (exact) mass is 418 g/mol. The Morgan fingerprint density at radius 2 is 1.43 bits per heavy atom. The fourth-order valence-corrected chi connectivity index (χ4v) is 4.14. The van der Waals surface area contributed by atoms with Crippen LogP contribution in [0.2, 0.25) is 0 Å². The molecule has 3 aromatic carbocycles. The number of fused-ring (bicyclic) bond motifs is 3. The Bertz CT molecular complexity index is 1180. The number of nitrogens with zero attached hydrogens (tertiary/aromatic N) is 1. The van der Waals surface area contributed by atoms with E-state index in [4.69, 9.17) is 4.28 Å². The lowest BCUT2D eigenvalue weighted by Gasteiger charge is -2.07. The van der Waals surface area contributed by atoms with E-state index in [0.717, 1.165) is 33.4 Å². The minimum atomic E-state index is -4.03. The first-order valence-corrected chi connectivity index (χ1v) is 11.0. The third-order valence-corrected chi connectivity index (χ3v) is 5.97. The van der Waals surface area contributed by atoms with Gasteiger partial charge in [0.25, 0.3) is 0 Å². The molecule has 0 radical (unpaired) electrons. The van der Waals surface area contributed by atoms with Gasteiger partial charge in [-0.25, -0.2) is 0 Å². The molecule has 0 amide bonds. The molecule has 0 heterocycles. The molecule has 1 aliphatic carbocycles. The first kappa shape index (κ1) is 20.1. The first-order chi connectivity index (χ1) is 14.5. The van der Waals surface area contributed by atoms with Crippen molar-refractivity contribution in [1.82, 2.24) is 5.32 Å². The van der Waals surface area contributed by atoms with Crippen molar-refractivity contribution >= 4 is 15.8 Å². The minimum absolute atomic E-state index is 0.0649. The van der Waals surface area contributed by atoms with Crippen LogP contribution in [0.25, 0.3) is 11.1 Å². The number of hydrogen-bond acceptors (Lipinski definition) is 5. The lowest BCUT2D eigenvalue weighted by atomic mass is 10.1. The normalized spacial score (nSPS) is 12.2. The maximum Gasteiger partial charge on any atom is 0.358 e. The number of oxime groups is 1. The van der Waals surface area contributed by atoms with Gasteiger partial charge in [-0.2, -0.15) is 8.42 Å². The smallest absolute Gasteiger partial charge is 0.309 e. The van der Waals surface area contributed by atoms with E-state index in [9.17, 15) is 8.42 Å². The zero-order valence-corrected chi connectivity index (χ0v) is 17.4. The van der Waals surface area contributed by atoms with E-state index in [1.54, 1.807) is 12.1 Å². The van der Waals surface area contributed by atoms with Crippen molar-refractivity contribution in [2.45, 2.75) is 18.4 Å². The van der Waals surface area contributed by atoms with E-state index in [0.29, 0.717) is 18.8 Å². The number of benzene rings is 3. The first-order valence-electron chi connectivity index (χ1n) is 9.60. The molecule has 0 saturated carbocycles. The summed E-state index contributed by atoms with van der Waals surface area (Å²) in [6.45, 7) is 7.13. The SMILES string of the molecule is C=C(C)CNCc1ccc(S(=O)(=O)ON=C2c3ccccc3-c3ccccc32)cc1. The third-order valence-electron chi connectivity index (χ3n) is 4.85. The molecule has 1 N–H and O–H groups in total. The average Bonchev–Trinajstić information content (AvgIpc) is 3.06. The van der Waals surface area contributed by atoms with Crippen LogP contribution < -0.4 is 5.32 Å². The van der Waals surface area contributed by atoms with Crippen molar-refractivity contribution in [1.29, 1.82) is 0 Å². The molecule has 0 atom stereocenters. The standard InChI is InChI=1S/C24H22N2O3S/c1-17(2)15-25-16-18-11-13-19(14-12-18)30(27,28)29-26-24-22-9-5-3-7-20(22)21-8-4-6-10-23(21)24/h3-14,25H,1,15-16H2,2H3. The molecule has 5 nitrogen and oxygen atoms in total. The highest BCUT2D eigenvalue weighted by molar-refractivity contribution is 7.86. The Morgan fingerprint density at radius 1 is 0.900 bits per heavy atom. The van der Waals surface area contributed by atoms with Gasteiger partial charge in [-0.05, 0) is 35.7 Å². The fraction of sp³-hybridized carbons (Fsp3) is 0.125. The topological polar surface area (TPSA) is 67.8 Å². The zero-order valence-electron chi connectivity index (χ0n) is 16.6. The van der Waals surface area contributed by atoms with Crippen LogP contribution >= 0.6 is 0 Å². The van der Waals surface area contributed by atoms with Gasteiger partial charge in [0.1, 0.15) is 10.6 Å². The van der Waals surface area contributed by atoms with Gasteiger partial charge >= 0.3 is 10.1 Å². The highest BCUT2D eigenvalue weighted by atomic mass is 32.2. The van der Waals surface area contributed by atoms with Gasteiger partial charge in [0.15, 0.2) is 0 Å². The van der Waals surface area contributed by atoms with Crippen molar-refractivity contribution in [3.63, 3.8) is 0 Å². The van der Waals surface area contributed by atoms with Crippen molar-refractivity contribution in [2.24, 2.45) is 5.16 Å². The zero-order chi connectivity index (χ0) is 21.1. The lowest BCUT2D eigenvalue weighted by molar-refractivity contribution is 0.339. The molecule has 4 rings (SSSR count). The molecule has 0 aliphatic heterocycles. The Balaban J connectivity index is 1.56. The van der Waals surface area contributed by atoms with Crippen LogP contribution in [-0.4, -0.2) is 20.7 Å². The van der Waals surface area contributed by atoms with E-state index in [1.807, 2.05) is 55.5 Å². The summed E-state index contributed by atoms with van der Waals surface area (Å²) in [6, 6.07) is 22.1. The highest BCUT2D eigenvalue weighted by Gasteiger charge is 2.26. The lowest BCUT2D eigenvalue weighted by Crippen LogP contribution is -2.15. The Morgan fingerprint density at radius 3 is 1.97 bits per heavy atom. The fourth-order valence-electron chi connectivity index (χ4n) is 3.42. The van der Waals surface area contributed by atoms with Gasteiger partial charge in [-0.15, -0.1) is 0 Å². The van der Waals surface area contributed by atoms with Gasteiger partial charge in [0.2, 0.25) is 0 Å². The van der Waals surface area contributed by atoms with Gasteiger partial charge in [0.05, 0.1) is 0 Å². The van der Waals surface area contributed by atoms with Gasteiger partial charge in [0, 0.05) is 24.2 Å². The van der Waals surface area contributed by atoms with Crippen LogP contribution in [0.3, 0.4) is 0 Å². The minimum Gasteiger partial charge on any atom is -0.309 e. The Labute approximate surface area is 176 Å². The van der Waals surface area contributed by atoms with E-state index in [1.165, 1.54) is 12.1 Å². The molecule has 30 heavy (non-hydrogen) atoms. The molecule has 0 spiro atoms. The highest BCUT2D eigenvalue weighted by Crippen LogP contribution is 2.36. The summed E-state index contributed by atoms with van der Waals surface area (Å²) in [5.74, 6) is 0. The van der Waals surface area contributed by atoms with Crippen LogP contribution in [-0.2, 0) is 20.9 Å². The second-order valence-corrected chi connectivity index (χ2v) is 8.79. The number of rotatable bonds is 7. The quantitative estimate of drug-likeness (QED) is 0.355. The number of nitrogens with one attached hydrogen (secondary N) is 1. The Kier molecular flexibility index (Phi) is 5.53. The molecule has 0 saturated heterocycles. The van der Waals surface area contributed by atoms with E-state index in [2.05, 4.69) is 17.1 Å². The van der Waals surface area contributed by atoms with E-state index >= 15 is 0 Å². The predicted molar refractivity (Wildman–Crippen MR) is 119 cm³/mol. The summed E-state index contributed by atoms with van der Waals surface area (Å²) in [7, 11) is -4.03. The maximum atomic E-state index is 12.7. The second-order valence-electron chi connectivity index (χ2n) is 7.26. The second kappa shape index (κ2) is 8.26. The van der Waals surface area contributed by atoms with Crippen molar-refractivity contribution in [3.8, 4) is 11.1 Å². The van der Waals surface area contributed by atoms with Crippen LogP contribution in [0, 0.1) is 0 Å². The largest absolute Gasteiger partial charge is 0.358 e. The summed E-state index contributed by atoms with van der Waals surface area (Å²) >= 11 is 0. The van der Waals surface area contributed by atoms with Crippen molar-refractivity contribution in [2.75, 3.05) is 6.54 Å². The van der Waals surface area contributed by atoms with Crippen LogP contribution in [0.4, 0.5) is 0 Å². The maximum absolute atomic E-state index is 12.7. The summed E-state index contributed by atoms with van der Waals surface area (Å²) < 4.78 is 30.4. The van der Waals surface area contributed by atoms with Gasteiger partial charge < -0.3 is 5.32 Å². The summed E-state index contributed by atoms with van der Waals surface area (Å²) in [4.78, 5) is 0.0649. The molecule has 1 aliphatic rings. The molecule has 0 aromatic heterocycles. The summed E-state index contributed by atoms with van der Waals surface area (Å²) in [5, 5.41) is 7.29. The molecular formula is C24H22N2O3S. The van der Waals surface area contributed by atoms with Crippen LogP contribution in [0.5, 0.6) is 0 Å². The Hall–Kier alpha value is -3.22. The molecular weight excluding hydrogens is 396 g/mol. The number of hydrogen-bond donors (Lipinski definition) is 1. The summed E-state index contributed by atoms with van der Waals surface area (Å²) in [6.07, 6.45) is 0. The predicted octanol–water partition coefficient (Wildman–Crippen LogP) is 4.49. The van der Waals surface area contributed by atoms with Crippen molar-refractivity contribution < 1.29 is 12.7 Å². The van der Waals surface area contributed by atoms with Crippen LogP contribution in [0.1, 0.15) is 23.6 Å². The van der Waals surface area contributed by atoms with E-state index < -0.39 is 10.1 Å². The van der Waals surface area contributed by atoms with Crippen LogP contribution in [0.15, 0.2) is 95.0 Å². The van der Waals surface area contributed by atoms with Gasteiger partial charge in [-0.3, -0.25) is 4.28 Å². The molecule has 0 unspecified atom stereocenters. The van der Waals surface area contributed by atoms with E-state index in [-0.39, 0.29) is 4.90 Å².